The highest BCUT2D eigenvalue weighted by molar-refractivity contribution is 6.15. The van der Waals surface area contributed by atoms with Gasteiger partial charge in [0.25, 0.3) is 0 Å². The second-order valence-electron chi connectivity index (χ2n) is 14.0. The van der Waals surface area contributed by atoms with Gasteiger partial charge < -0.3 is 27.0 Å². The predicted octanol–water partition coefficient (Wildman–Crippen LogP) is 10.6. The quantitative estimate of drug-likeness (QED) is 0.117. The van der Waals surface area contributed by atoms with Crippen LogP contribution in [-0.2, 0) is 0 Å². The van der Waals surface area contributed by atoms with Crippen LogP contribution in [0.15, 0.2) is 180 Å². The summed E-state index contributed by atoms with van der Waals surface area (Å²) >= 11 is 0. The Hall–Kier alpha value is -7.12. The first-order valence-electron chi connectivity index (χ1n) is 18.7. The molecule has 9 rings (SSSR count). The number of amidine groups is 2. The Balaban J connectivity index is 1.02. The third-order valence-corrected chi connectivity index (χ3v) is 10.4. The third kappa shape index (κ3) is 6.68. The number of nitrogen functional groups attached to an aromatic ring is 2. The number of aliphatic imine (C=N–C) groups is 2. The number of hydrogen-bond acceptors (Lipinski definition) is 7. The third-order valence-electron chi connectivity index (χ3n) is 10.4. The van der Waals surface area contributed by atoms with Crippen LogP contribution in [0.25, 0.3) is 33.4 Å². The van der Waals surface area contributed by atoms with Crippen molar-refractivity contribution >= 4 is 40.1 Å². The van der Waals surface area contributed by atoms with E-state index in [0.29, 0.717) is 0 Å². The molecule has 1 atom stereocenters. The van der Waals surface area contributed by atoms with Crippen molar-refractivity contribution in [3.8, 4) is 33.4 Å². The van der Waals surface area contributed by atoms with Gasteiger partial charge in [-0.1, -0.05) is 128 Å². The summed E-state index contributed by atoms with van der Waals surface area (Å²) in [5.74, 6) is 1.59. The van der Waals surface area contributed by atoms with Gasteiger partial charge in [-0.3, -0.25) is 0 Å². The Bertz CT molecular complexity index is 2470. The van der Waals surface area contributed by atoms with Crippen molar-refractivity contribution in [3.63, 3.8) is 0 Å². The van der Waals surface area contributed by atoms with Crippen LogP contribution in [0, 0.1) is 0 Å². The lowest BCUT2D eigenvalue weighted by Gasteiger charge is -2.26. The van der Waals surface area contributed by atoms with E-state index in [1.54, 1.807) is 0 Å². The Morgan fingerprint density at radius 3 is 1.73 bits per heavy atom. The summed E-state index contributed by atoms with van der Waals surface area (Å²) in [6, 6.07) is 58.6. The standard InChI is InChI=1S/C48H41N7/c1-2-45-51-43-28-21-37(31-17-22-38(49)23-18-31)29-44(43)55(45)40-25-19-32(20-26-40)41-27-24-39(50)30-42(41)33-13-15-36(16-14-33)48-53-46(34-9-5-3-6-10-34)52-47(54-48)35-11-7-4-8-12-35/h3-30,45,48,51H,2,49-50H2,1H3,(H,52,53,54). The van der Waals surface area contributed by atoms with E-state index in [-0.39, 0.29) is 6.17 Å². The maximum atomic E-state index is 6.41. The summed E-state index contributed by atoms with van der Waals surface area (Å²) < 4.78 is 0. The first-order valence-corrected chi connectivity index (χ1v) is 18.7. The molecule has 268 valence electrons. The van der Waals surface area contributed by atoms with Crippen molar-refractivity contribution in [3.05, 3.63) is 187 Å². The highest BCUT2D eigenvalue weighted by atomic mass is 15.3. The van der Waals surface area contributed by atoms with Crippen LogP contribution in [0.1, 0.15) is 36.2 Å². The second-order valence-corrected chi connectivity index (χ2v) is 14.0. The Morgan fingerprint density at radius 1 is 0.527 bits per heavy atom. The summed E-state index contributed by atoms with van der Waals surface area (Å²) in [5, 5.41) is 7.20. The van der Waals surface area contributed by atoms with Crippen LogP contribution in [0.4, 0.5) is 28.4 Å². The molecule has 7 aromatic rings. The number of fused-ring (bicyclic) bond motifs is 1. The molecule has 7 heteroatoms. The minimum atomic E-state index is -0.395. The lowest BCUT2D eigenvalue weighted by atomic mass is 9.93. The number of benzene rings is 7. The van der Waals surface area contributed by atoms with E-state index in [4.69, 9.17) is 21.5 Å². The summed E-state index contributed by atoms with van der Waals surface area (Å²) in [6.07, 6.45) is 0.698. The van der Waals surface area contributed by atoms with Crippen LogP contribution < -0.4 is 27.0 Å². The zero-order chi connectivity index (χ0) is 37.3. The Labute approximate surface area is 321 Å². The molecular formula is C48H41N7. The van der Waals surface area contributed by atoms with Crippen molar-refractivity contribution < 1.29 is 0 Å². The highest BCUT2D eigenvalue weighted by Gasteiger charge is 2.29. The summed E-state index contributed by atoms with van der Waals surface area (Å²) in [5.41, 5.74) is 27.0. The van der Waals surface area contributed by atoms with Crippen LogP contribution in [-0.4, -0.2) is 17.8 Å². The molecule has 2 heterocycles. The number of hydrogen-bond donors (Lipinski definition) is 4. The molecule has 0 aliphatic carbocycles. The van der Waals surface area contributed by atoms with E-state index in [2.05, 4.69) is 138 Å². The topological polar surface area (TPSA) is 104 Å². The predicted molar refractivity (Wildman–Crippen MR) is 230 cm³/mol. The smallest absolute Gasteiger partial charge is 0.169 e. The summed E-state index contributed by atoms with van der Waals surface area (Å²) in [7, 11) is 0. The lowest BCUT2D eigenvalue weighted by molar-refractivity contribution is 0.728. The monoisotopic (exact) mass is 715 g/mol. The molecule has 2 aliphatic heterocycles. The van der Waals surface area contributed by atoms with Gasteiger partial charge in [-0.25, -0.2) is 9.98 Å². The van der Waals surface area contributed by atoms with Crippen LogP contribution in [0.3, 0.4) is 0 Å². The molecule has 6 N–H and O–H groups in total. The summed E-state index contributed by atoms with van der Waals surface area (Å²) in [6.45, 7) is 2.21. The highest BCUT2D eigenvalue weighted by Crippen LogP contribution is 2.44. The SMILES string of the molecule is CCC1Nc2ccc(-c3ccc(N)cc3)cc2N1c1ccc(-c2ccc(N)cc2-c2ccc(C3N=C(c4ccccc4)NC(c4ccccc4)=N3)cc2)cc1. The van der Waals surface area contributed by atoms with Crippen molar-refractivity contribution in [2.45, 2.75) is 25.7 Å². The minimum absolute atomic E-state index is 0.147. The van der Waals surface area contributed by atoms with Crippen LogP contribution in [0.2, 0.25) is 0 Å². The van der Waals surface area contributed by atoms with E-state index >= 15 is 0 Å². The number of nitrogens with one attached hydrogen (secondary N) is 2. The van der Waals surface area contributed by atoms with Gasteiger partial charge in [0, 0.05) is 28.2 Å². The zero-order valence-corrected chi connectivity index (χ0v) is 30.5. The molecule has 0 saturated carbocycles. The van der Waals surface area contributed by atoms with Crippen LogP contribution >= 0.6 is 0 Å². The number of rotatable bonds is 8. The second kappa shape index (κ2) is 14.4. The Morgan fingerprint density at radius 2 is 1.09 bits per heavy atom. The molecule has 0 spiro atoms. The molecule has 0 radical (unpaired) electrons. The molecule has 1 unspecified atom stereocenters. The normalized spacial score (nSPS) is 15.1. The van der Waals surface area contributed by atoms with Crippen LogP contribution in [0.5, 0.6) is 0 Å². The van der Waals surface area contributed by atoms with Gasteiger partial charge in [0.05, 0.1) is 11.4 Å². The maximum Gasteiger partial charge on any atom is 0.169 e. The lowest BCUT2D eigenvalue weighted by Crippen LogP contribution is -2.35. The average molecular weight is 716 g/mol. The molecule has 0 fully saturated rings. The fourth-order valence-electron chi connectivity index (χ4n) is 7.50. The van der Waals surface area contributed by atoms with E-state index in [1.807, 2.05) is 54.6 Å². The molecule has 55 heavy (non-hydrogen) atoms. The van der Waals surface area contributed by atoms with Gasteiger partial charge >= 0.3 is 0 Å². The minimum Gasteiger partial charge on any atom is -0.399 e. The molecule has 0 aromatic heterocycles. The average Bonchev–Trinajstić information content (AvgIpc) is 3.62. The first kappa shape index (κ1) is 33.7. The Kier molecular flexibility index (Phi) is 8.80. The molecule has 7 aromatic carbocycles. The van der Waals surface area contributed by atoms with Crippen molar-refractivity contribution in [2.75, 3.05) is 21.7 Å². The number of nitrogens with two attached hydrogens (primary N) is 2. The molecule has 0 saturated heterocycles. The van der Waals surface area contributed by atoms with E-state index in [1.165, 1.54) is 0 Å². The molecular weight excluding hydrogens is 675 g/mol. The molecule has 7 nitrogen and oxygen atoms in total. The van der Waals surface area contributed by atoms with E-state index in [9.17, 15) is 0 Å². The first-order chi connectivity index (χ1) is 27.0. The van der Waals surface area contributed by atoms with Gasteiger partial charge in [-0.15, -0.1) is 0 Å². The van der Waals surface area contributed by atoms with Crippen molar-refractivity contribution in [2.24, 2.45) is 9.98 Å². The maximum absolute atomic E-state index is 6.41. The largest absolute Gasteiger partial charge is 0.399 e. The van der Waals surface area contributed by atoms with Gasteiger partial charge in [-0.05, 0) is 93.9 Å². The van der Waals surface area contributed by atoms with E-state index < -0.39 is 6.17 Å². The molecule has 0 amide bonds. The molecule has 0 bridgehead atoms. The fourth-order valence-corrected chi connectivity index (χ4v) is 7.50. The van der Waals surface area contributed by atoms with Gasteiger partial charge in [0.15, 0.2) is 6.17 Å². The molecule has 2 aliphatic rings. The van der Waals surface area contributed by atoms with Crippen molar-refractivity contribution in [1.82, 2.24) is 5.32 Å². The number of anilines is 5. The van der Waals surface area contributed by atoms with Gasteiger partial charge in [-0.2, -0.15) is 0 Å². The zero-order valence-electron chi connectivity index (χ0n) is 30.5. The van der Waals surface area contributed by atoms with Gasteiger partial charge in [0.1, 0.15) is 17.8 Å². The van der Waals surface area contributed by atoms with E-state index in [0.717, 1.165) is 96.6 Å². The fraction of sp³-hybridized carbons (Fsp3) is 0.0833. The van der Waals surface area contributed by atoms with Crippen molar-refractivity contribution in [1.29, 1.82) is 0 Å². The van der Waals surface area contributed by atoms with Gasteiger partial charge in [0.2, 0.25) is 0 Å². The summed E-state index contributed by atoms with van der Waals surface area (Å²) in [4.78, 5) is 12.5. The number of nitrogens with zero attached hydrogens (tertiary/aromatic N) is 3.